The summed E-state index contributed by atoms with van der Waals surface area (Å²) >= 11 is 12.2. The van der Waals surface area contributed by atoms with Gasteiger partial charge in [-0.05, 0) is 17.3 Å². The first-order chi connectivity index (χ1) is 9.15. The number of halogens is 2. The maximum Gasteiger partial charge on any atom is 0.134 e. The Morgan fingerprint density at radius 3 is 1.79 bits per heavy atom. The molecule has 0 saturated heterocycles. The molecule has 0 fully saturated rings. The first-order valence-electron chi connectivity index (χ1n) is 5.50. The molecule has 0 aliphatic rings. The molecular formula is C14H7Cl2NO2. The van der Waals surface area contributed by atoms with Crippen molar-refractivity contribution in [3.8, 4) is 5.75 Å². The fourth-order valence-electron chi connectivity index (χ4n) is 2.29. The van der Waals surface area contributed by atoms with Crippen molar-refractivity contribution in [3.63, 3.8) is 0 Å². The van der Waals surface area contributed by atoms with Crippen molar-refractivity contribution in [3.05, 3.63) is 51.4 Å². The SMILES string of the molecule is O=Nc1c2cccc(Cl)c2c(O)c2c(Cl)cccc12. The van der Waals surface area contributed by atoms with Gasteiger partial charge in [0.1, 0.15) is 11.4 Å². The van der Waals surface area contributed by atoms with Crippen molar-refractivity contribution < 1.29 is 5.11 Å². The molecule has 1 N–H and O–H groups in total. The van der Waals surface area contributed by atoms with E-state index >= 15 is 0 Å². The Balaban J connectivity index is 2.73. The predicted molar refractivity (Wildman–Crippen MR) is 78.6 cm³/mol. The summed E-state index contributed by atoms with van der Waals surface area (Å²) in [5, 5.41) is 15.9. The van der Waals surface area contributed by atoms with Crippen molar-refractivity contribution in [2.45, 2.75) is 0 Å². The smallest absolute Gasteiger partial charge is 0.134 e. The van der Waals surface area contributed by atoms with E-state index in [1.165, 1.54) is 0 Å². The van der Waals surface area contributed by atoms with Crippen molar-refractivity contribution in [2.75, 3.05) is 0 Å². The molecule has 94 valence electrons. The molecule has 19 heavy (non-hydrogen) atoms. The van der Waals surface area contributed by atoms with Crippen LogP contribution in [0.2, 0.25) is 10.0 Å². The van der Waals surface area contributed by atoms with Gasteiger partial charge < -0.3 is 5.11 Å². The monoisotopic (exact) mass is 291 g/mol. The second kappa shape index (κ2) is 4.37. The first kappa shape index (κ1) is 12.2. The molecule has 0 aliphatic carbocycles. The molecule has 3 rings (SSSR count). The first-order valence-corrected chi connectivity index (χ1v) is 6.25. The summed E-state index contributed by atoms with van der Waals surface area (Å²) in [4.78, 5) is 11.2. The van der Waals surface area contributed by atoms with Crippen LogP contribution in [0.25, 0.3) is 21.5 Å². The average Bonchev–Trinajstić information content (AvgIpc) is 2.39. The zero-order valence-electron chi connectivity index (χ0n) is 9.52. The van der Waals surface area contributed by atoms with E-state index < -0.39 is 0 Å². The van der Waals surface area contributed by atoms with Gasteiger partial charge in [-0.15, -0.1) is 4.91 Å². The van der Waals surface area contributed by atoms with Gasteiger partial charge in [-0.1, -0.05) is 47.5 Å². The normalized spacial score (nSPS) is 11.1. The van der Waals surface area contributed by atoms with E-state index in [0.29, 0.717) is 31.6 Å². The highest BCUT2D eigenvalue weighted by Gasteiger charge is 2.17. The molecule has 0 unspecified atom stereocenters. The number of benzene rings is 3. The summed E-state index contributed by atoms with van der Waals surface area (Å²) < 4.78 is 0. The van der Waals surface area contributed by atoms with Gasteiger partial charge in [0.15, 0.2) is 0 Å². The summed E-state index contributed by atoms with van der Waals surface area (Å²) in [5.74, 6) is -0.0337. The van der Waals surface area contributed by atoms with Crippen LogP contribution in [-0.4, -0.2) is 5.11 Å². The number of aromatic hydroxyl groups is 1. The van der Waals surface area contributed by atoms with Crippen LogP contribution in [0.15, 0.2) is 41.6 Å². The molecular weight excluding hydrogens is 285 g/mol. The third-order valence-electron chi connectivity index (χ3n) is 3.10. The second-order valence-corrected chi connectivity index (χ2v) is 4.93. The Morgan fingerprint density at radius 1 is 0.895 bits per heavy atom. The quantitative estimate of drug-likeness (QED) is 0.482. The number of phenols is 1. The Kier molecular flexibility index (Phi) is 2.81. The fraction of sp³-hybridized carbons (Fsp3) is 0. The minimum absolute atomic E-state index is 0.0337. The molecule has 0 atom stereocenters. The van der Waals surface area contributed by atoms with Crippen LogP contribution in [0.3, 0.4) is 0 Å². The minimum atomic E-state index is -0.0337. The Hall–Kier alpha value is -1.84. The molecule has 3 aromatic carbocycles. The van der Waals surface area contributed by atoms with E-state index in [1.807, 2.05) is 0 Å². The highest BCUT2D eigenvalue weighted by atomic mass is 35.5. The number of hydrogen-bond acceptors (Lipinski definition) is 3. The number of rotatable bonds is 1. The van der Waals surface area contributed by atoms with Gasteiger partial charge in [0.2, 0.25) is 0 Å². The summed E-state index contributed by atoms with van der Waals surface area (Å²) in [5.41, 5.74) is 0.229. The molecule has 3 nitrogen and oxygen atoms in total. The van der Waals surface area contributed by atoms with E-state index in [9.17, 15) is 10.0 Å². The van der Waals surface area contributed by atoms with Gasteiger partial charge in [0, 0.05) is 21.5 Å². The van der Waals surface area contributed by atoms with Crippen molar-refractivity contribution in [1.29, 1.82) is 0 Å². The largest absolute Gasteiger partial charge is 0.507 e. The van der Waals surface area contributed by atoms with E-state index in [1.54, 1.807) is 36.4 Å². The molecule has 0 heterocycles. The molecule has 0 amide bonds. The third kappa shape index (κ3) is 1.66. The van der Waals surface area contributed by atoms with Crippen LogP contribution < -0.4 is 0 Å². The maximum atomic E-state index is 11.2. The van der Waals surface area contributed by atoms with E-state index in [-0.39, 0.29) is 11.4 Å². The van der Waals surface area contributed by atoms with Crippen LogP contribution in [0.4, 0.5) is 5.69 Å². The highest BCUT2D eigenvalue weighted by molar-refractivity contribution is 6.40. The maximum absolute atomic E-state index is 11.2. The summed E-state index contributed by atoms with van der Waals surface area (Å²) in [6.45, 7) is 0. The molecule has 0 spiro atoms. The van der Waals surface area contributed by atoms with Gasteiger partial charge in [-0.2, -0.15) is 0 Å². The minimum Gasteiger partial charge on any atom is -0.507 e. The molecule has 0 aliphatic heterocycles. The molecule has 5 heteroatoms. The van der Waals surface area contributed by atoms with Crippen LogP contribution in [-0.2, 0) is 0 Å². The van der Waals surface area contributed by atoms with Gasteiger partial charge in [-0.3, -0.25) is 0 Å². The standard InChI is InChI=1S/C14H7Cl2NO2/c15-9-5-1-3-7-11(9)14(18)12-8(13(7)17-19)4-2-6-10(12)16/h1-6,18H. The van der Waals surface area contributed by atoms with Gasteiger partial charge in [0.05, 0.1) is 10.0 Å². The Bertz CT molecular complexity index is 768. The molecule has 0 saturated carbocycles. The van der Waals surface area contributed by atoms with Crippen LogP contribution >= 0.6 is 23.2 Å². The zero-order chi connectivity index (χ0) is 13.6. The average molecular weight is 292 g/mol. The summed E-state index contributed by atoms with van der Waals surface area (Å²) in [6, 6.07) is 10.1. The topological polar surface area (TPSA) is 49.7 Å². The number of fused-ring (bicyclic) bond motifs is 2. The number of nitroso groups, excluding NO2 is 1. The number of hydrogen-bond donors (Lipinski definition) is 1. The number of nitrogens with zero attached hydrogens (tertiary/aromatic N) is 1. The lowest BCUT2D eigenvalue weighted by Gasteiger charge is -2.11. The van der Waals surface area contributed by atoms with E-state index in [4.69, 9.17) is 23.2 Å². The fourth-order valence-corrected chi connectivity index (χ4v) is 2.82. The van der Waals surface area contributed by atoms with Gasteiger partial charge >= 0.3 is 0 Å². The summed E-state index contributed by atoms with van der Waals surface area (Å²) in [7, 11) is 0. The van der Waals surface area contributed by atoms with E-state index in [2.05, 4.69) is 5.18 Å². The van der Waals surface area contributed by atoms with Crippen LogP contribution in [0, 0.1) is 4.91 Å². The Labute approximate surface area is 118 Å². The summed E-state index contributed by atoms with van der Waals surface area (Å²) in [6.07, 6.45) is 0. The lowest BCUT2D eigenvalue weighted by atomic mass is 10.00. The Morgan fingerprint density at radius 2 is 1.37 bits per heavy atom. The van der Waals surface area contributed by atoms with E-state index in [0.717, 1.165) is 0 Å². The molecule has 3 aromatic rings. The predicted octanol–water partition coefficient (Wildman–Crippen LogP) is 5.40. The van der Waals surface area contributed by atoms with Crippen LogP contribution in [0.5, 0.6) is 5.75 Å². The van der Waals surface area contributed by atoms with Crippen LogP contribution in [0.1, 0.15) is 0 Å². The van der Waals surface area contributed by atoms with Crippen molar-refractivity contribution >= 4 is 50.4 Å². The van der Waals surface area contributed by atoms with Gasteiger partial charge in [0.25, 0.3) is 0 Å². The third-order valence-corrected chi connectivity index (χ3v) is 3.73. The molecule has 0 bridgehead atoms. The number of phenolic OH excluding ortho intramolecular Hbond substituents is 1. The highest BCUT2D eigenvalue weighted by Crippen LogP contribution is 2.46. The lowest BCUT2D eigenvalue weighted by molar-refractivity contribution is 0.488. The van der Waals surface area contributed by atoms with Crippen molar-refractivity contribution in [1.82, 2.24) is 0 Å². The van der Waals surface area contributed by atoms with Crippen molar-refractivity contribution in [2.24, 2.45) is 5.18 Å². The van der Waals surface area contributed by atoms with Gasteiger partial charge in [-0.25, -0.2) is 0 Å². The molecule has 0 radical (unpaired) electrons. The lowest BCUT2D eigenvalue weighted by Crippen LogP contribution is -1.83. The molecule has 0 aromatic heterocycles. The zero-order valence-corrected chi connectivity index (χ0v) is 11.0. The second-order valence-electron chi connectivity index (χ2n) is 4.11.